The summed E-state index contributed by atoms with van der Waals surface area (Å²) in [5.74, 6) is 0.827. The molecule has 0 bridgehead atoms. The number of rotatable bonds is 8. The van der Waals surface area contributed by atoms with Crippen molar-refractivity contribution in [3.63, 3.8) is 0 Å². The van der Waals surface area contributed by atoms with E-state index in [1.807, 2.05) is 18.2 Å². The number of aromatic nitrogens is 1. The molecule has 0 spiro atoms. The molecule has 114 valence electrons. The lowest BCUT2D eigenvalue weighted by Gasteiger charge is -2.12. The van der Waals surface area contributed by atoms with Gasteiger partial charge in [0.25, 0.3) is 0 Å². The minimum atomic E-state index is 0.486. The number of ether oxygens (including phenoxy) is 1. The first-order valence-corrected chi connectivity index (χ1v) is 8.54. The molecule has 0 atom stereocenters. The standard InChI is InChI=1S/C16H21ClN2OS/c1-3-6-16-19-12(11-21-16)10-20-15-8-5-7-14(17)13(15)9-18-4-2/h5,7-8,11,18H,3-4,6,9-10H2,1-2H3. The van der Waals surface area contributed by atoms with Crippen molar-refractivity contribution in [2.24, 2.45) is 0 Å². The number of aryl methyl sites for hydroxylation is 1. The van der Waals surface area contributed by atoms with Crippen LogP contribution in [-0.2, 0) is 19.6 Å². The fourth-order valence-corrected chi connectivity index (χ4v) is 3.11. The zero-order valence-corrected chi connectivity index (χ0v) is 14.1. The molecule has 0 amide bonds. The topological polar surface area (TPSA) is 34.1 Å². The second-order valence-electron chi connectivity index (χ2n) is 4.77. The van der Waals surface area contributed by atoms with Crippen LogP contribution in [0.5, 0.6) is 5.75 Å². The van der Waals surface area contributed by atoms with E-state index < -0.39 is 0 Å². The lowest BCUT2D eigenvalue weighted by molar-refractivity contribution is 0.298. The van der Waals surface area contributed by atoms with E-state index in [1.165, 1.54) is 5.01 Å². The maximum Gasteiger partial charge on any atom is 0.131 e. The van der Waals surface area contributed by atoms with Gasteiger partial charge in [0.1, 0.15) is 12.4 Å². The Bertz CT molecular complexity index is 571. The molecular weight excluding hydrogens is 304 g/mol. The lowest BCUT2D eigenvalue weighted by Crippen LogP contribution is -2.13. The Kier molecular flexibility index (Phi) is 6.49. The molecule has 0 aliphatic carbocycles. The maximum absolute atomic E-state index is 6.26. The third-order valence-corrected chi connectivity index (χ3v) is 4.38. The lowest BCUT2D eigenvalue weighted by atomic mass is 10.2. The molecule has 0 saturated carbocycles. The minimum absolute atomic E-state index is 0.486. The van der Waals surface area contributed by atoms with Crippen molar-refractivity contribution >= 4 is 22.9 Å². The van der Waals surface area contributed by atoms with Gasteiger partial charge in [0.05, 0.1) is 10.7 Å². The van der Waals surface area contributed by atoms with E-state index in [1.54, 1.807) is 11.3 Å². The van der Waals surface area contributed by atoms with Crippen molar-refractivity contribution in [3.8, 4) is 5.75 Å². The predicted molar refractivity (Wildman–Crippen MR) is 89.3 cm³/mol. The summed E-state index contributed by atoms with van der Waals surface area (Å²) in [7, 11) is 0. The first-order valence-electron chi connectivity index (χ1n) is 7.28. The highest BCUT2D eigenvalue weighted by Crippen LogP contribution is 2.27. The number of nitrogens with zero attached hydrogens (tertiary/aromatic N) is 1. The Morgan fingerprint density at radius 1 is 1.33 bits per heavy atom. The monoisotopic (exact) mass is 324 g/mol. The summed E-state index contributed by atoms with van der Waals surface area (Å²) in [4.78, 5) is 4.57. The maximum atomic E-state index is 6.26. The predicted octanol–water partition coefficient (Wildman–Crippen LogP) is 4.44. The highest BCUT2D eigenvalue weighted by molar-refractivity contribution is 7.09. The van der Waals surface area contributed by atoms with Crippen LogP contribution in [0, 0.1) is 0 Å². The van der Waals surface area contributed by atoms with Gasteiger partial charge in [0.2, 0.25) is 0 Å². The molecule has 1 heterocycles. The van der Waals surface area contributed by atoms with Crippen LogP contribution in [0.25, 0.3) is 0 Å². The molecule has 21 heavy (non-hydrogen) atoms. The number of thiazole rings is 1. The number of halogens is 1. The van der Waals surface area contributed by atoms with E-state index in [2.05, 4.69) is 29.5 Å². The van der Waals surface area contributed by atoms with Crippen molar-refractivity contribution in [1.82, 2.24) is 10.3 Å². The summed E-state index contributed by atoms with van der Waals surface area (Å²) in [5.41, 5.74) is 1.99. The molecule has 1 N–H and O–H groups in total. The van der Waals surface area contributed by atoms with Gasteiger partial charge < -0.3 is 10.1 Å². The fourth-order valence-electron chi connectivity index (χ4n) is 1.99. The molecule has 2 aromatic rings. The number of hydrogen-bond acceptors (Lipinski definition) is 4. The Balaban J connectivity index is 2.03. The fraction of sp³-hybridized carbons (Fsp3) is 0.438. The summed E-state index contributed by atoms with van der Waals surface area (Å²) >= 11 is 7.96. The van der Waals surface area contributed by atoms with E-state index in [0.717, 1.165) is 41.4 Å². The summed E-state index contributed by atoms with van der Waals surface area (Å²) in [5, 5.41) is 7.27. The van der Waals surface area contributed by atoms with Crippen LogP contribution < -0.4 is 10.1 Å². The molecule has 0 aliphatic heterocycles. The molecule has 3 nitrogen and oxygen atoms in total. The number of benzene rings is 1. The zero-order chi connectivity index (χ0) is 15.1. The van der Waals surface area contributed by atoms with Gasteiger partial charge in [-0.15, -0.1) is 11.3 Å². The molecule has 0 fully saturated rings. The normalized spacial score (nSPS) is 10.8. The molecule has 1 aromatic carbocycles. The third kappa shape index (κ3) is 4.70. The largest absolute Gasteiger partial charge is 0.487 e. The van der Waals surface area contributed by atoms with Gasteiger partial charge in [-0.3, -0.25) is 0 Å². The van der Waals surface area contributed by atoms with Crippen molar-refractivity contribution in [2.45, 2.75) is 39.8 Å². The van der Waals surface area contributed by atoms with Crippen LogP contribution in [-0.4, -0.2) is 11.5 Å². The van der Waals surface area contributed by atoms with Gasteiger partial charge in [0.15, 0.2) is 0 Å². The average molecular weight is 325 g/mol. The minimum Gasteiger partial charge on any atom is -0.487 e. The van der Waals surface area contributed by atoms with Crippen LogP contribution in [0.15, 0.2) is 23.6 Å². The number of nitrogens with one attached hydrogen (secondary N) is 1. The second-order valence-corrected chi connectivity index (χ2v) is 6.12. The van der Waals surface area contributed by atoms with Gasteiger partial charge in [0, 0.05) is 22.5 Å². The van der Waals surface area contributed by atoms with Crippen LogP contribution in [0.4, 0.5) is 0 Å². The Morgan fingerprint density at radius 2 is 2.19 bits per heavy atom. The van der Waals surface area contributed by atoms with Gasteiger partial charge >= 0.3 is 0 Å². The van der Waals surface area contributed by atoms with Gasteiger partial charge in [-0.05, 0) is 31.5 Å². The average Bonchev–Trinajstić information content (AvgIpc) is 2.92. The van der Waals surface area contributed by atoms with Crippen LogP contribution in [0.3, 0.4) is 0 Å². The van der Waals surface area contributed by atoms with Crippen LogP contribution >= 0.6 is 22.9 Å². The molecule has 0 saturated heterocycles. The van der Waals surface area contributed by atoms with Crippen molar-refractivity contribution in [3.05, 3.63) is 44.9 Å². The molecule has 0 unspecified atom stereocenters. The van der Waals surface area contributed by atoms with E-state index in [9.17, 15) is 0 Å². The van der Waals surface area contributed by atoms with E-state index in [0.29, 0.717) is 13.2 Å². The van der Waals surface area contributed by atoms with E-state index in [4.69, 9.17) is 16.3 Å². The molecular formula is C16H21ClN2OS. The van der Waals surface area contributed by atoms with Crippen molar-refractivity contribution in [1.29, 1.82) is 0 Å². The van der Waals surface area contributed by atoms with Crippen molar-refractivity contribution in [2.75, 3.05) is 6.54 Å². The van der Waals surface area contributed by atoms with Crippen LogP contribution in [0.2, 0.25) is 5.02 Å². The van der Waals surface area contributed by atoms with Crippen molar-refractivity contribution < 1.29 is 4.74 Å². The van der Waals surface area contributed by atoms with Gasteiger partial charge in [-0.25, -0.2) is 4.98 Å². The van der Waals surface area contributed by atoms with E-state index in [-0.39, 0.29) is 0 Å². The summed E-state index contributed by atoms with van der Waals surface area (Å²) < 4.78 is 5.91. The summed E-state index contributed by atoms with van der Waals surface area (Å²) in [6.45, 7) is 6.33. The van der Waals surface area contributed by atoms with Gasteiger partial charge in [-0.2, -0.15) is 0 Å². The first-order chi connectivity index (χ1) is 10.2. The van der Waals surface area contributed by atoms with Crippen LogP contribution in [0.1, 0.15) is 36.5 Å². The number of hydrogen-bond donors (Lipinski definition) is 1. The SMILES string of the molecule is CCCc1nc(COc2cccc(Cl)c2CNCC)cs1. The third-order valence-electron chi connectivity index (χ3n) is 3.07. The Morgan fingerprint density at radius 3 is 2.95 bits per heavy atom. The first kappa shape index (κ1) is 16.3. The van der Waals surface area contributed by atoms with Gasteiger partial charge in [-0.1, -0.05) is 31.5 Å². The summed E-state index contributed by atoms with van der Waals surface area (Å²) in [6.07, 6.45) is 2.16. The zero-order valence-electron chi connectivity index (χ0n) is 12.5. The molecule has 0 aliphatic rings. The quantitative estimate of drug-likeness (QED) is 0.779. The smallest absolute Gasteiger partial charge is 0.131 e. The Labute approximate surface area is 135 Å². The molecule has 5 heteroatoms. The second kappa shape index (κ2) is 8.37. The molecule has 2 rings (SSSR count). The summed E-state index contributed by atoms with van der Waals surface area (Å²) in [6, 6.07) is 5.76. The van der Waals surface area contributed by atoms with E-state index >= 15 is 0 Å². The highest BCUT2D eigenvalue weighted by atomic mass is 35.5. The highest BCUT2D eigenvalue weighted by Gasteiger charge is 2.09. The Hall–Kier alpha value is -1.10. The molecule has 0 radical (unpaired) electrons. The molecule has 1 aromatic heterocycles.